The second kappa shape index (κ2) is 7.47. The fourth-order valence-electron chi connectivity index (χ4n) is 3.34. The SMILES string of the molecule is O=C(Nc1ccc2c(OCC3CCCC3)nccc2c1)c1ccncn1. The molecule has 0 radical (unpaired) electrons. The summed E-state index contributed by atoms with van der Waals surface area (Å²) in [7, 11) is 0. The lowest BCUT2D eigenvalue weighted by Gasteiger charge is -2.13. The predicted molar refractivity (Wildman–Crippen MR) is 99.2 cm³/mol. The molecule has 0 unspecified atom stereocenters. The number of nitrogens with zero attached hydrogens (tertiary/aromatic N) is 3. The second-order valence-corrected chi connectivity index (χ2v) is 6.56. The third-order valence-electron chi connectivity index (χ3n) is 4.73. The van der Waals surface area contributed by atoms with Crippen molar-refractivity contribution in [3.63, 3.8) is 0 Å². The Hall–Kier alpha value is -3.02. The molecule has 2 aromatic heterocycles. The summed E-state index contributed by atoms with van der Waals surface area (Å²) in [6, 6.07) is 9.19. The Bertz CT molecular complexity index is 908. The smallest absolute Gasteiger partial charge is 0.274 e. The number of hydrogen-bond donors (Lipinski definition) is 1. The number of rotatable bonds is 5. The molecule has 6 nitrogen and oxygen atoms in total. The molecule has 1 fully saturated rings. The molecule has 0 bridgehead atoms. The van der Waals surface area contributed by atoms with E-state index in [1.807, 2.05) is 24.3 Å². The zero-order chi connectivity index (χ0) is 17.8. The molecule has 0 aliphatic heterocycles. The summed E-state index contributed by atoms with van der Waals surface area (Å²) < 4.78 is 5.98. The van der Waals surface area contributed by atoms with Gasteiger partial charge in [0.2, 0.25) is 5.88 Å². The number of carbonyl (C=O) groups excluding carboxylic acids is 1. The number of hydrogen-bond acceptors (Lipinski definition) is 5. The molecule has 132 valence electrons. The van der Waals surface area contributed by atoms with Crippen molar-refractivity contribution >= 4 is 22.4 Å². The Morgan fingerprint density at radius 3 is 2.81 bits per heavy atom. The van der Waals surface area contributed by atoms with Crippen molar-refractivity contribution in [3.05, 3.63) is 54.7 Å². The predicted octanol–water partition coefficient (Wildman–Crippen LogP) is 3.85. The molecular weight excluding hydrogens is 328 g/mol. The number of benzene rings is 1. The van der Waals surface area contributed by atoms with Gasteiger partial charge in [0.15, 0.2) is 0 Å². The number of pyridine rings is 1. The lowest BCUT2D eigenvalue weighted by molar-refractivity contribution is 0.102. The average Bonchev–Trinajstić information content (AvgIpc) is 3.20. The van der Waals surface area contributed by atoms with E-state index in [0.717, 1.165) is 17.4 Å². The first-order valence-electron chi connectivity index (χ1n) is 8.88. The Balaban J connectivity index is 1.51. The highest BCUT2D eigenvalue weighted by atomic mass is 16.5. The molecule has 1 saturated carbocycles. The van der Waals surface area contributed by atoms with Crippen molar-refractivity contribution in [2.24, 2.45) is 5.92 Å². The second-order valence-electron chi connectivity index (χ2n) is 6.56. The maximum absolute atomic E-state index is 12.2. The van der Waals surface area contributed by atoms with E-state index in [4.69, 9.17) is 4.74 Å². The minimum Gasteiger partial charge on any atom is -0.477 e. The fraction of sp³-hybridized carbons (Fsp3) is 0.300. The van der Waals surface area contributed by atoms with Gasteiger partial charge in [-0.1, -0.05) is 12.8 Å². The van der Waals surface area contributed by atoms with E-state index in [0.29, 0.717) is 23.2 Å². The van der Waals surface area contributed by atoms with Gasteiger partial charge in [0, 0.05) is 23.5 Å². The molecule has 1 aliphatic rings. The van der Waals surface area contributed by atoms with Gasteiger partial charge in [-0.2, -0.15) is 0 Å². The maximum Gasteiger partial charge on any atom is 0.274 e. The maximum atomic E-state index is 12.2. The summed E-state index contributed by atoms with van der Waals surface area (Å²) in [6.07, 6.45) is 9.71. The highest BCUT2D eigenvalue weighted by molar-refractivity contribution is 6.04. The van der Waals surface area contributed by atoms with Crippen LogP contribution in [0.2, 0.25) is 0 Å². The van der Waals surface area contributed by atoms with Crippen LogP contribution in [0, 0.1) is 5.92 Å². The van der Waals surface area contributed by atoms with Gasteiger partial charge in [-0.05, 0) is 54.5 Å². The van der Waals surface area contributed by atoms with Gasteiger partial charge in [-0.15, -0.1) is 0 Å². The van der Waals surface area contributed by atoms with Crippen LogP contribution in [0.5, 0.6) is 5.88 Å². The zero-order valence-corrected chi connectivity index (χ0v) is 14.4. The van der Waals surface area contributed by atoms with Crippen LogP contribution in [-0.4, -0.2) is 27.5 Å². The zero-order valence-electron chi connectivity index (χ0n) is 14.4. The molecule has 2 heterocycles. The van der Waals surface area contributed by atoms with E-state index in [9.17, 15) is 4.79 Å². The minimum atomic E-state index is -0.265. The van der Waals surface area contributed by atoms with Crippen molar-refractivity contribution < 1.29 is 9.53 Å². The number of fused-ring (bicyclic) bond motifs is 1. The molecule has 1 N–H and O–H groups in total. The largest absolute Gasteiger partial charge is 0.477 e. The third-order valence-corrected chi connectivity index (χ3v) is 4.73. The topological polar surface area (TPSA) is 77.0 Å². The lowest BCUT2D eigenvalue weighted by atomic mass is 10.1. The number of anilines is 1. The summed E-state index contributed by atoms with van der Waals surface area (Å²) in [5, 5.41) is 4.78. The monoisotopic (exact) mass is 348 g/mol. The van der Waals surface area contributed by atoms with Crippen LogP contribution in [0.3, 0.4) is 0 Å². The first kappa shape index (κ1) is 16.4. The standard InChI is InChI=1S/C20H20N4O2/c25-19(18-8-9-21-13-23-18)24-16-5-6-17-15(11-16)7-10-22-20(17)26-12-14-3-1-2-4-14/h5-11,13-14H,1-4,12H2,(H,24,25). The van der Waals surface area contributed by atoms with Crippen molar-refractivity contribution in [3.8, 4) is 5.88 Å². The number of aromatic nitrogens is 3. The number of amides is 1. The van der Waals surface area contributed by atoms with E-state index in [1.54, 1.807) is 18.5 Å². The first-order valence-corrected chi connectivity index (χ1v) is 8.88. The van der Waals surface area contributed by atoms with Crippen LogP contribution < -0.4 is 10.1 Å². The Morgan fingerprint density at radius 1 is 1.12 bits per heavy atom. The summed E-state index contributed by atoms with van der Waals surface area (Å²) in [4.78, 5) is 24.4. The molecule has 4 rings (SSSR count). The lowest BCUT2D eigenvalue weighted by Crippen LogP contribution is -2.13. The first-order chi connectivity index (χ1) is 12.8. The van der Waals surface area contributed by atoms with Gasteiger partial charge in [0.05, 0.1) is 6.61 Å². The number of carbonyl (C=O) groups is 1. The van der Waals surface area contributed by atoms with Gasteiger partial charge < -0.3 is 10.1 Å². The van der Waals surface area contributed by atoms with Gasteiger partial charge in [0.1, 0.15) is 12.0 Å². The molecule has 6 heteroatoms. The Morgan fingerprint density at radius 2 is 2.00 bits per heavy atom. The molecule has 1 aromatic carbocycles. The third kappa shape index (κ3) is 3.64. The van der Waals surface area contributed by atoms with E-state index in [2.05, 4.69) is 20.3 Å². The number of nitrogens with one attached hydrogen (secondary N) is 1. The van der Waals surface area contributed by atoms with Crippen molar-refractivity contribution in [1.82, 2.24) is 15.0 Å². The van der Waals surface area contributed by atoms with Crippen molar-refractivity contribution in [2.75, 3.05) is 11.9 Å². The van der Waals surface area contributed by atoms with E-state index in [-0.39, 0.29) is 5.91 Å². The van der Waals surface area contributed by atoms with Crippen molar-refractivity contribution in [1.29, 1.82) is 0 Å². The van der Waals surface area contributed by atoms with Crippen LogP contribution in [0.15, 0.2) is 49.1 Å². The molecule has 1 aliphatic carbocycles. The Kier molecular flexibility index (Phi) is 4.73. The van der Waals surface area contributed by atoms with Gasteiger partial charge >= 0.3 is 0 Å². The molecule has 0 spiro atoms. The molecule has 0 atom stereocenters. The normalized spacial score (nSPS) is 14.5. The van der Waals surface area contributed by atoms with Crippen LogP contribution in [0.1, 0.15) is 36.2 Å². The molecule has 1 amide bonds. The van der Waals surface area contributed by atoms with Gasteiger partial charge in [-0.25, -0.2) is 15.0 Å². The van der Waals surface area contributed by atoms with Gasteiger partial charge in [-0.3, -0.25) is 4.79 Å². The molecular formula is C20H20N4O2. The minimum absolute atomic E-state index is 0.265. The summed E-state index contributed by atoms with van der Waals surface area (Å²) in [5.41, 5.74) is 1.03. The summed E-state index contributed by atoms with van der Waals surface area (Å²) >= 11 is 0. The molecule has 0 saturated heterocycles. The van der Waals surface area contributed by atoms with E-state index in [1.165, 1.54) is 32.0 Å². The Labute approximate surface area is 151 Å². The highest BCUT2D eigenvalue weighted by Crippen LogP contribution is 2.29. The number of ether oxygens (including phenoxy) is 1. The fourth-order valence-corrected chi connectivity index (χ4v) is 3.34. The average molecular weight is 348 g/mol. The van der Waals surface area contributed by atoms with E-state index >= 15 is 0 Å². The highest BCUT2D eigenvalue weighted by Gasteiger charge is 2.16. The van der Waals surface area contributed by atoms with Crippen LogP contribution in [-0.2, 0) is 0 Å². The van der Waals surface area contributed by atoms with Gasteiger partial charge in [0.25, 0.3) is 5.91 Å². The van der Waals surface area contributed by atoms with Crippen LogP contribution in [0.4, 0.5) is 5.69 Å². The van der Waals surface area contributed by atoms with Crippen molar-refractivity contribution in [2.45, 2.75) is 25.7 Å². The molecule has 26 heavy (non-hydrogen) atoms. The quantitative estimate of drug-likeness (QED) is 0.758. The van der Waals surface area contributed by atoms with Crippen LogP contribution >= 0.6 is 0 Å². The summed E-state index contributed by atoms with van der Waals surface area (Å²) in [5.74, 6) is 1.03. The van der Waals surface area contributed by atoms with Crippen LogP contribution in [0.25, 0.3) is 10.8 Å². The summed E-state index contributed by atoms with van der Waals surface area (Å²) in [6.45, 7) is 0.721. The van der Waals surface area contributed by atoms with E-state index < -0.39 is 0 Å². The molecule has 3 aromatic rings.